The monoisotopic (exact) mass is 276 g/mol. The van der Waals surface area contributed by atoms with Crippen molar-refractivity contribution >= 4 is 17.7 Å². The number of nitrogens with zero attached hydrogens (tertiary/aromatic N) is 3. The van der Waals surface area contributed by atoms with Gasteiger partial charge in [-0.3, -0.25) is 9.78 Å². The zero-order valence-corrected chi connectivity index (χ0v) is 11.3. The zero-order chi connectivity index (χ0) is 15.1. The molecule has 1 atom stereocenters. The molecule has 7 heteroatoms. The second-order valence-electron chi connectivity index (χ2n) is 4.36. The van der Waals surface area contributed by atoms with Crippen LogP contribution in [0.2, 0.25) is 0 Å². The highest BCUT2D eigenvalue weighted by Crippen LogP contribution is 2.09. The predicted octanol–water partition coefficient (Wildman–Crippen LogP) is 1.47. The number of aromatic nitrogens is 1. The molecule has 1 rings (SSSR count). The van der Waals surface area contributed by atoms with Crippen LogP contribution in [0.1, 0.15) is 19.0 Å². The molecule has 106 valence electrons. The first kappa shape index (κ1) is 15.4. The average molecular weight is 276 g/mol. The summed E-state index contributed by atoms with van der Waals surface area (Å²) in [6.45, 7) is 1.77. The van der Waals surface area contributed by atoms with Gasteiger partial charge in [-0.15, -0.1) is 0 Å². The van der Waals surface area contributed by atoms with Gasteiger partial charge in [0.25, 0.3) is 0 Å². The van der Waals surface area contributed by atoms with Crippen molar-refractivity contribution in [1.29, 1.82) is 5.26 Å². The van der Waals surface area contributed by atoms with E-state index in [-0.39, 0.29) is 24.9 Å². The van der Waals surface area contributed by atoms with Gasteiger partial charge in [0.1, 0.15) is 0 Å². The molecule has 2 amide bonds. The van der Waals surface area contributed by atoms with Crippen LogP contribution in [0.5, 0.6) is 0 Å². The molecule has 2 N–H and O–H groups in total. The molecule has 0 bridgehead atoms. The maximum Gasteiger partial charge on any atom is 0.321 e. The topological polar surface area (TPSA) is 106 Å². The van der Waals surface area contributed by atoms with Crippen LogP contribution in [0.15, 0.2) is 18.3 Å². The van der Waals surface area contributed by atoms with Crippen LogP contribution in [-0.2, 0) is 11.2 Å². The SMILES string of the molecule is CC(CC#N)N(C)C(=O)Nc1ccc(CC(=O)O)nc1. The molecule has 0 aliphatic rings. The Morgan fingerprint density at radius 1 is 1.55 bits per heavy atom. The summed E-state index contributed by atoms with van der Waals surface area (Å²) in [6.07, 6.45) is 1.49. The van der Waals surface area contributed by atoms with E-state index in [2.05, 4.69) is 10.3 Å². The van der Waals surface area contributed by atoms with Crippen molar-refractivity contribution in [3.8, 4) is 6.07 Å². The molecule has 7 nitrogen and oxygen atoms in total. The largest absolute Gasteiger partial charge is 0.481 e. The third-order valence-electron chi connectivity index (χ3n) is 2.78. The molecule has 0 aromatic carbocycles. The molecular formula is C13H16N4O3. The van der Waals surface area contributed by atoms with E-state index in [1.807, 2.05) is 6.07 Å². The minimum absolute atomic E-state index is 0.159. The number of anilines is 1. The first-order valence-electron chi connectivity index (χ1n) is 6.01. The standard InChI is InChI=1S/C13H16N4O3/c1-9(5-6-14)17(2)13(20)16-11-4-3-10(15-8-11)7-12(18)19/h3-4,8-9H,5,7H2,1-2H3,(H,16,20)(H,18,19). The highest BCUT2D eigenvalue weighted by molar-refractivity contribution is 5.89. The van der Waals surface area contributed by atoms with E-state index >= 15 is 0 Å². The Labute approximate surface area is 116 Å². The second kappa shape index (κ2) is 7.09. The minimum Gasteiger partial charge on any atom is -0.481 e. The fourth-order valence-corrected chi connectivity index (χ4v) is 1.44. The molecule has 0 radical (unpaired) electrons. The number of amides is 2. The highest BCUT2D eigenvalue weighted by atomic mass is 16.4. The summed E-state index contributed by atoms with van der Waals surface area (Å²) in [5.41, 5.74) is 0.891. The molecule has 0 saturated heterocycles. The maximum atomic E-state index is 11.9. The van der Waals surface area contributed by atoms with Crippen molar-refractivity contribution < 1.29 is 14.7 Å². The van der Waals surface area contributed by atoms with E-state index in [0.717, 1.165) is 0 Å². The van der Waals surface area contributed by atoms with Gasteiger partial charge in [0.15, 0.2) is 0 Å². The van der Waals surface area contributed by atoms with Crippen molar-refractivity contribution in [3.05, 3.63) is 24.0 Å². The van der Waals surface area contributed by atoms with Gasteiger partial charge >= 0.3 is 12.0 Å². The second-order valence-corrected chi connectivity index (χ2v) is 4.36. The number of aliphatic carboxylic acids is 1. The lowest BCUT2D eigenvalue weighted by Crippen LogP contribution is -2.38. The number of nitriles is 1. The zero-order valence-electron chi connectivity index (χ0n) is 11.3. The Morgan fingerprint density at radius 2 is 2.25 bits per heavy atom. The molecular weight excluding hydrogens is 260 g/mol. The molecule has 0 aliphatic heterocycles. The average Bonchev–Trinajstić information content (AvgIpc) is 2.39. The van der Waals surface area contributed by atoms with Crippen LogP contribution >= 0.6 is 0 Å². The highest BCUT2D eigenvalue weighted by Gasteiger charge is 2.15. The number of carbonyl (C=O) groups excluding carboxylic acids is 1. The van der Waals surface area contributed by atoms with Crippen LogP contribution in [0.3, 0.4) is 0 Å². The van der Waals surface area contributed by atoms with Crippen molar-refractivity contribution in [2.75, 3.05) is 12.4 Å². The summed E-state index contributed by atoms with van der Waals surface area (Å²) in [5.74, 6) is -0.959. The summed E-state index contributed by atoms with van der Waals surface area (Å²) >= 11 is 0. The Kier molecular flexibility index (Phi) is 5.47. The summed E-state index contributed by atoms with van der Waals surface area (Å²) in [5, 5.41) is 19.8. The minimum atomic E-state index is -0.959. The molecule has 0 aliphatic carbocycles. The number of pyridine rings is 1. The number of hydrogen-bond acceptors (Lipinski definition) is 4. The summed E-state index contributed by atoms with van der Waals surface area (Å²) in [4.78, 5) is 27.8. The number of nitrogens with one attached hydrogen (secondary N) is 1. The fourth-order valence-electron chi connectivity index (χ4n) is 1.44. The number of carbonyl (C=O) groups is 2. The Morgan fingerprint density at radius 3 is 2.75 bits per heavy atom. The summed E-state index contributed by atoms with van der Waals surface area (Å²) in [7, 11) is 1.60. The van der Waals surface area contributed by atoms with Gasteiger partial charge in [0.05, 0.1) is 36.5 Å². The van der Waals surface area contributed by atoms with Crippen molar-refractivity contribution in [3.63, 3.8) is 0 Å². The number of urea groups is 1. The van der Waals surface area contributed by atoms with E-state index in [0.29, 0.717) is 11.4 Å². The van der Waals surface area contributed by atoms with E-state index in [1.165, 1.54) is 11.1 Å². The molecule has 1 aromatic rings. The number of hydrogen-bond donors (Lipinski definition) is 2. The van der Waals surface area contributed by atoms with Crippen molar-refractivity contribution in [2.45, 2.75) is 25.8 Å². The molecule has 0 spiro atoms. The van der Waals surface area contributed by atoms with E-state index in [1.54, 1.807) is 26.1 Å². The lowest BCUT2D eigenvalue weighted by molar-refractivity contribution is -0.136. The van der Waals surface area contributed by atoms with Crippen molar-refractivity contribution in [1.82, 2.24) is 9.88 Å². The maximum absolute atomic E-state index is 11.9. The fraction of sp³-hybridized carbons (Fsp3) is 0.385. The number of carboxylic acid groups (broad SMARTS) is 1. The Balaban J connectivity index is 2.62. The lowest BCUT2D eigenvalue weighted by Gasteiger charge is -2.23. The van der Waals surface area contributed by atoms with E-state index in [4.69, 9.17) is 10.4 Å². The quantitative estimate of drug-likeness (QED) is 0.847. The van der Waals surface area contributed by atoms with Gasteiger partial charge in [-0.1, -0.05) is 0 Å². The van der Waals surface area contributed by atoms with Gasteiger partial charge < -0.3 is 15.3 Å². The first-order chi connectivity index (χ1) is 9.43. The van der Waals surface area contributed by atoms with Gasteiger partial charge in [-0.2, -0.15) is 5.26 Å². The van der Waals surface area contributed by atoms with Crippen LogP contribution in [0, 0.1) is 11.3 Å². The number of rotatable bonds is 5. The summed E-state index contributed by atoms with van der Waals surface area (Å²) in [6, 6.07) is 4.59. The Bertz CT molecular complexity index is 521. The van der Waals surface area contributed by atoms with E-state index in [9.17, 15) is 9.59 Å². The van der Waals surface area contributed by atoms with Crippen LogP contribution in [-0.4, -0.2) is 40.1 Å². The third-order valence-corrected chi connectivity index (χ3v) is 2.78. The first-order valence-corrected chi connectivity index (χ1v) is 6.01. The van der Waals surface area contributed by atoms with Gasteiger partial charge in [0, 0.05) is 13.1 Å². The Hall–Kier alpha value is -2.62. The van der Waals surface area contributed by atoms with Crippen LogP contribution in [0.25, 0.3) is 0 Å². The molecule has 1 heterocycles. The number of carboxylic acids is 1. The van der Waals surface area contributed by atoms with Gasteiger partial charge in [0.2, 0.25) is 0 Å². The van der Waals surface area contributed by atoms with Crippen molar-refractivity contribution in [2.24, 2.45) is 0 Å². The van der Waals surface area contributed by atoms with E-state index < -0.39 is 5.97 Å². The summed E-state index contributed by atoms with van der Waals surface area (Å²) < 4.78 is 0. The normalized spacial score (nSPS) is 11.2. The predicted molar refractivity (Wildman–Crippen MR) is 72.1 cm³/mol. The molecule has 1 aromatic heterocycles. The van der Waals surface area contributed by atoms with Gasteiger partial charge in [-0.05, 0) is 19.1 Å². The molecule has 0 saturated carbocycles. The van der Waals surface area contributed by atoms with Gasteiger partial charge in [-0.25, -0.2) is 4.79 Å². The van der Waals surface area contributed by atoms with Crippen LogP contribution in [0.4, 0.5) is 10.5 Å². The third kappa shape index (κ3) is 4.57. The smallest absolute Gasteiger partial charge is 0.321 e. The molecule has 1 unspecified atom stereocenters. The molecule has 20 heavy (non-hydrogen) atoms. The van der Waals surface area contributed by atoms with Crippen LogP contribution < -0.4 is 5.32 Å². The molecule has 0 fully saturated rings. The lowest BCUT2D eigenvalue weighted by atomic mass is 10.2.